The van der Waals surface area contributed by atoms with Gasteiger partial charge in [-0.1, -0.05) is 13.8 Å². The summed E-state index contributed by atoms with van der Waals surface area (Å²) in [4.78, 5) is 11.3. The summed E-state index contributed by atoms with van der Waals surface area (Å²) in [6.07, 6.45) is 3.07. The molecule has 3 heteroatoms. The molecule has 1 fully saturated rings. The standard InChI is InChI=1S/C10H16N2O/c1-8(2)3-4-9(13)12-10(7-11)5-6-10/h8H,3-6H2,1-2H3,(H,12,13). The average molecular weight is 180 g/mol. The molecule has 1 N–H and O–H groups in total. The van der Waals surface area contributed by atoms with Crippen LogP contribution >= 0.6 is 0 Å². The normalized spacial score (nSPS) is 18.0. The number of nitriles is 1. The zero-order valence-corrected chi connectivity index (χ0v) is 8.26. The Labute approximate surface area is 79.1 Å². The van der Waals surface area contributed by atoms with E-state index in [2.05, 4.69) is 25.2 Å². The topological polar surface area (TPSA) is 52.9 Å². The van der Waals surface area contributed by atoms with Crippen LogP contribution < -0.4 is 5.32 Å². The fourth-order valence-corrected chi connectivity index (χ4v) is 1.14. The summed E-state index contributed by atoms with van der Waals surface area (Å²) in [5.41, 5.74) is -0.492. The van der Waals surface area contributed by atoms with E-state index in [-0.39, 0.29) is 5.91 Å². The van der Waals surface area contributed by atoms with Crippen molar-refractivity contribution in [3.05, 3.63) is 0 Å². The van der Waals surface area contributed by atoms with Crippen molar-refractivity contribution in [2.75, 3.05) is 0 Å². The molecule has 0 bridgehead atoms. The highest BCUT2D eigenvalue weighted by Crippen LogP contribution is 2.34. The highest BCUT2D eigenvalue weighted by Gasteiger charge is 2.44. The van der Waals surface area contributed by atoms with Gasteiger partial charge in [-0.15, -0.1) is 0 Å². The van der Waals surface area contributed by atoms with Gasteiger partial charge >= 0.3 is 0 Å². The van der Waals surface area contributed by atoms with Crippen LogP contribution in [-0.2, 0) is 4.79 Å². The first kappa shape index (κ1) is 10.0. The van der Waals surface area contributed by atoms with Gasteiger partial charge in [0.2, 0.25) is 5.91 Å². The van der Waals surface area contributed by atoms with E-state index in [9.17, 15) is 4.79 Å². The van der Waals surface area contributed by atoms with Crippen LogP contribution in [-0.4, -0.2) is 11.4 Å². The summed E-state index contributed by atoms with van der Waals surface area (Å²) >= 11 is 0. The molecule has 0 spiro atoms. The molecular weight excluding hydrogens is 164 g/mol. The van der Waals surface area contributed by atoms with Crippen molar-refractivity contribution in [2.24, 2.45) is 5.92 Å². The zero-order chi connectivity index (χ0) is 9.90. The molecule has 0 aliphatic heterocycles. The maximum Gasteiger partial charge on any atom is 0.221 e. The molecule has 0 aromatic rings. The summed E-state index contributed by atoms with van der Waals surface area (Å²) < 4.78 is 0. The molecule has 1 rings (SSSR count). The monoisotopic (exact) mass is 180 g/mol. The smallest absolute Gasteiger partial charge is 0.221 e. The van der Waals surface area contributed by atoms with Crippen molar-refractivity contribution >= 4 is 5.91 Å². The second-order valence-corrected chi connectivity index (χ2v) is 4.17. The summed E-state index contributed by atoms with van der Waals surface area (Å²) in [6.45, 7) is 4.18. The third kappa shape index (κ3) is 3.06. The average Bonchev–Trinajstić information content (AvgIpc) is 2.82. The predicted molar refractivity (Wildman–Crippen MR) is 49.8 cm³/mol. The molecule has 0 atom stereocenters. The van der Waals surface area contributed by atoms with Crippen LogP contribution in [0.15, 0.2) is 0 Å². The number of carbonyl (C=O) groups is 1. The summed E-state index contributed by atoms with van der Waals surface area (Å²) in [7, 11) is 0. The lowest BCUT2D eigenvalue weighted by atomic mass is 10.1. The van der Waals surface area contributed by atoms with E-state index in [1.54, 1.807) is 0 Å². The van der Waals surface area contributed by atoms with Crippen molar-refractivity contribution in [1.29, 1.82) is 5.26 Å². The molecule has 0 saturated heterocycles. The molecule has 1 aliphatic rings. The first-order chi connectivity index (χ1) is 6.08. The maximum atomic E-state index is 11.3. The van der Waals surface area contributed by atoms with E-state index >= 15 is 0 Å². The largest absolute Gasteiger partial charge is 0.338 e. The van der Waals surface area contributed by atoms with Gasteiger partial charge in [-0.3, -0.25) is 4.79 Å². The van der Waals surface area contributed by atoms with Gasteiger partial charge in [0, 0.05) is 6.42 Å². The Kier molecular flexibility index (Phi) is 2.92. The Balaban J connectivity index is 2.23. The third-order valence-corrected chi connectivity index (χ3v) is 2.29. The first-order valence-corrected chi connectivity index (χ1v) is 4.80. The zero-order valence-electron chi connectivity index (χ0n) is 8.26. The van der Waals surface area contributed by atoms with E-state index in [4.69, 9.17) is 5.26 Å². The highest BCUT2D eigenvalue weighted by atomic mass is 16.1. The number of nitrogens with one attached hydrogen (secondary N) is 1. The van der Waals surface area contributed by atoms with Crippen LogP contribution in [0.3, 0.4) is 0 Å². The third-order valence-electron chi connectivity index (χ3n) is 2.29. The molecule has 13 heavy (non-hydrogen) atoms. The maximum absolute atomic E-state index is 11.3. The van der Waals surface area contributed by atoms with Gasteiger partial charge in [0.1, 0.15) is 5.54 Å². The molecule has 0 aromatic heterocycles. The fourth-order valence-electron chi connectivity index (χ4n) is 1.14. The second-order valence-electron chi connectivity index (χ2n) is 4.17. The van der Waals surface area contributed by atoms with Crippen molar-refractivity contribution in [3.8, 4) is 6.07 Å². The fraction of sp³-hybridized carbons (Fsp3) is 0.800. The van der Waals surface area contributed by atoms with E-state index in [0.717, 1.165) is 19.3 Å². The van der Waals surface area contributed by atoms with Gasteiger partial charge in [0.05, 0.1) is 6.07 Å². The molecule has 1 aliphatic carbocycles. The molecule has 0 unspecified atom stereocenters. The van der Waals surface area contributed by atoms with Crippen LogP contribution in [0.5, 0.6) is 0 Å². The van der Waals surface area contributed by atoms with Gasteiger partial charge in [-0.05, 0) is 25.2 Å². The molecular formula is C10H16N2O. The summed E-state index contributed by atoms with van der Waals surface area (Å²) in [6, 6.07) is 2.14. The predicted octanol–water partition coefficient (Wildman–Crippen LogP) is 1.59. The number of amides is 1. The number of hydrogen-bond donors (Lipinski definition) is 1. The summed E-state index contributed by atoms with van der Waals surface area (Å²) in [5, 5.41) is 11.5. The van der Waals surface area contributed by atoms with Crippen molar-refractivity contribution < 1.29 is 4.79 Å². The lowest BCUT2D eigenvalue weighted by Crippen LogP contribution is -2.35. The van der Waals surface area contributed by atoms with Gasteiger partial charge in [-0.2, -0.15) is 5.26 Å². The number of nitrogens with zero attached hydrogens (tertiary/aromatic N) is 1. The van der Waals surface area contributed by atoms with Crippen LogP contribution in [0.1, 0.15) is 39.5 Å². The van der Waals surface area contributed by atoms with E-state index in [0.29, 0.717) is 12.3 Å². The Bertz CT molecular complexity index is 236. The Morgan fingerprint density at radius 3 is 2.62 bits per heavy atom. The van der Waals surface area contributed by atoms with Crippen LogP contribution in [0.2, 0.25) is 0 Å². The minimum Gasteiger partial charge on any atom is -0.338 e. The quantitative estimate of drug-likeness (QED) is 0.714. The van der Waals surface area contributed by atoms with Gasteiger partial charge < -0.3 is 5.32 Å². The van der Waals surface area contributed by atoms with E-state index < -0.39 is 5.54 Å². The van der Waals surface area contributed by atoms with Gasteiger partial charge in [0.15, 0.2) is 0 Å². The van der Waals surface area contributed by atoms with E-state index in [1.807, 2.05) is 0 Å². The van der Waals surface area contributed by atoms with Crippen molar-refractivity contribution in [1.82, 2.24) is 5.32 Å². The Hall–Kier alpha value is -1.04. The highest BCUT2D eigenvalue weighted by molar-refractivity contribution is 5.77. The Morgan fingerprint density at radius 2 is 2.23 bits per heavy atom. The van der Waals surface area contributed by atoms with Crippen LogP contribution in [0.25, 0.3) is 0 Å². The Morgan fingerprint density at radius 1 is 1.62 bits per heavy atom. The number of hydrogen-bond acceptors (Lipinski definition) is 2. The SMILES string of the molecule is CC(C)CCC(=O)NC1(C#N)CC1. The lowest BCUT2D eigenvalue weighted by molar-refractivity contribution is -0.121. The molecule has 1 saturated carbocycles. The lowest BCUT2D eigenvalue weighted by Gasteiger charge is -2.09. The van der Waals surface area contributed by atoms with Crippen molar-refractivity contribution in [2.45, 2.75) is 45.1 Å². The first-order valence-electron chi connectivity index (χ1n) is 4.80. The van der Waals surface area contributed by atoms with Crippen LogP contribution in [0, 0.1) is 17.2 Å². The molecule has 0 heterocycles. The second kappa shape index (κ2) is 3.78. The van der Waals surface area contributed by atoms with E-state index in [1.165, 1.54) is 0 Å². The molecule has 0 aromatic carbocycles. The molecule has 0 radical (unpaired) electrons. The minimum atomic E-state index is -0.492. The van der Waals surface area contributed by atoms with Gasteiger partial charge in [-0.25, -0.2) is 0 Å². The molecule has 1 amide bonds. The van der Waals surface area contributed by atoms with Gasteiger partial charge in [0.25, 0.3) is 0 Å². The summed E-state index contributed by atoms with van der Waals surface area (Å²) in [5.74, 6) is 0.565. The van der Waals surface area contributed by atoms with Crippen molar-refractivity contribution in [3.63, 3.8) is 0 Å². The number of rotatable bonds is 4. The van der Waals surface area contributed by atoms with Crippen LogP contribution in [0.4, 0.5) is 0 Å². The molecule has 72 valence electrons. The number of carbonyl (C=O) groups excluding carboxylic acids is 1. The minimum absolute atomic E-state index is 0.0211. The molecule has 3 nitrogen and oxygen atoms in total.